The topological polar surface area (TPSA) is 79.8 Å². The van der Waals surface area contributed by atoms with Gasteiger partial charge >= 0.3 is 11.9 Å². The molecule has 0 fully saturated rings. The summed E-state index contributed by atoms with van der Waals surface area (Å²) in [5, 5.41) is 7.29. The van der Waals surface area contributed by atoms with Gasteiger partial charge in [-0.05, 0) is 13.3 Å². The molecule has 1 aromatic heterocycles. The van der Waals surface area contributed by atoms with E-state index in [1.807, 2.05) is 6.92 Å². The van der Waals surface area contributed by atoms with Crippen molar-refractivity contribution >= 4 is 17.7 Å². The molecule has 0 saturated carbocycles. The lowest BCUT2D eigenvalue weighted by Crippen LogP contribution is -2.38. The number of hydrogen-bond acceptors (Lipinski definition) is 4. The van der Waals surface area contributed by atoms with E-state index in [1.165, 1.54) is 11.5 Å². The van der Waals surface area contributed by atoms with Gasteiger partial charge in [-0.2, -0.15) is 13.2 Å². The number of nitrogens with zero attached hydrogens (tertiary/aromatic N) is 2. The predicted molar refractivity (Wildman–Crippen MR) is 67.5 cm³/mol. The molecule has 0 aromatic carbocycles. The molecule has 10 heteroatoms. The van der Waals surface area contributed by atoms with E-state index < -0.39 is 29.6 Å². The van der Waals surface area contributed by atoms with E-state index in [9.17, 15) is 22.8 Å². The summed E-state index contributed by atoms with van der Waals surface area (Å²) >= 11 is 0.931. The van der Waals surface area contributed by atoms with E-state index in [0.717, 1.165) is 11.8 Å². The van der Waals surface area contributed by atoms with Gasteiger partial charge in [-0.15, -0.1) is 5.10 Å². The quantitative estimate of drug-likeness (QED) is 0.772. The maximum Gasteiger partial charge on any atom is 0.405 e. The summed E-state index contributed by atoms with van der Waals surface area (Å²) in [5.41, 5.74) is -0.405. The Balaban J connectivity index is 2.64. The first-order valence-electron chi connectivity index (χ1n) is 5.91. The number of carbonyl (C=O) groups is 1. The number of aromatic nitrogens is 3. The van der Waals surface area contributed by atoms with E-state index in [4.69, 9.17) is 0 Å². The van der Waals surface area contributed by atoms with E-state index >= 15 is 0 Å². The Hall–Kier alpha value is -1.45. The molecule has 0 aliphatic rings. The van der Waals surface area contributed by atoms with Crippen LogP contribution in [-0.4, -0.2) is 38.6 Å². The molecule has 1 rings (SSSR count). The van der Waals surface area contributed by atoms with Crippen LogP contribution in [0.1, 0.15) is 20.3 Å². The van der Waals surface area contributed by atoms with Crippen molar-refractivity contribution in [2.45, 2.75) is 43.4 Å². The summed E-state index contributed by atoms with van der Waals surface area (Å²) in [7, 11) is 0. The molecule has 6 nitrogen and oxygen atoms in total. The van der Waals surface area contributed by atoms with Crippen LogP contribution in [0.4, 0.5) is 13.2 Å². The Kier molecular flexibility index (Phi) is 5.66. The minimum absolute atomic E-state index is 0.284. The Labute approximate surface area is 117 Å². The monoisotopic (exact) mass is 312 g/mol. The van der Waals surface area contributed by atoms with Crippen LogP contribution in [0.5, 0.6) is 0 Å². The van der Waals surface area contributed by atoms with Crippen molar-refractivity contribution in [1.82, 2.24) is 20.1 Å². The van der Waals surface area contributed by atoms with Gasteiger partial charge in [-0.25, -0.2) is 9.89 Å². The lowest BCUT2D eigenvalue weighted by Gasteiger charge is -2.13. The number of H-pyrrole nitrogens is 1. The average Bonchev–Trinajstić information content (AvgIpc) is 2.68. The van der Waals surface area contributed by atoms with Crippen LogP contribution >= 0.6 is 11.8 Å². The van der Waals surface area contributed by atoms with Gasteiger partial charge in [0, 0.05) is 6.54 Å². The summed E-state index contributed by atoms with van der Waals surface area (Å²) in [5.74, 6) is -0.758. The Morgan fingerprint density at radius 3 is 2.75 bits per heavy atom. The van der Waals surface area contributed by atoms with Crippen molar-refractivity contribution in [1.29, 1.82) is 0 Å². The molecule has 1 amide bonds. The molecular weight excluding hydrogens is 297 g/mol. The third-order valence-corrected chi connectivity index (χ3v) is 3.38. The van der Waals surface area contributed by atoms with Crippen LogP contribution in [0.25, 0.3) is 0 Å². The van der Waals surface area contributed by atoms with Crippen molar-refractivity contribution < 1.29 is 18.0 Å². The first-order chi connectivity index (χ1) is 9.24. The Morgan fingerprint density at radius 1 is 1.55 bits per heavy atom. The number of halogens is 3. The normalized spacial score (nSPS) is 13.2. The lowest BCUT2D eigenvalue weighted by molar-refractivity contribution is -0.137. The number of rotatable bonds is 6. The zero-order valence-corrected chi connectivity index (χ0v) is 11.8. The largest absolute Gasteiger partial charge is 0.405 e. The van der Waals surface area contributed by atoms with E-state index in [-0.39, 0.29) is 5.16 Å². The Morgan fingerprint density at radius 2 is 2.20 bits per heavy atom. The molecule has 2 N–H and O–H groups in total. The van der Waals surface area contributed by atoms with Crippen LogP contribution in [0, 0.1) is 0 Å². The highest BCUT2D eigenvalue weighted by atomic mass is 32.2. The minimum Gasteiger partial charge on any atom is -0.346 e. The van der Waals surface area contributed by atoms with Crippen molar-refractivity contribution in [2.75, 3.05) is 6.54 Å². The highest BCUT2D eigenvalue weighted by Crippen LogP contribution is 2.20. The van der Waals surface area contributed by atoms with Crippen LogP contribution in [0.15, 0.2) is 9.95 Å². The summed E-state index contributed by atoms with van der Waals surface area (Å²) in [6.45, 7) is 2.37. The SMILES string of the molecule is CCCn1c(SC(C)C(=O)NCC(F)(F)F)n[nH]c1=O. The van der Waals surface area contributed by atoms with Gasteiger partial charge < -0.3 is 5.32 Å². The number of amides is 1. The number of thioether (sulfide) groups is 1. The summed E-state index contributed by atoms with van der Waals surface area (Å²) < 4.78 is 37.3. The highest BCUT2D eigenvalue weighted by Gasteiger charge is 2.29. The molecule has 0 spiro atoms. The molecule has 1 aromatic rings. The lowest BCUT2D eigenvalue weighted by atomic mass is 10.4. The van der Waals surface area contributed by atoms with Crippen LogP contribution in [-0.2, 0) is 11.3 Å². The second-order valence-corrected chi connectivity index (χ2v) is 5.36. The van der Waals surface area contributed by atoms with Crippen molar-refractivity contribution in [3.8, 4) is 0 Å². The molecule has 0 aliphatic heterocycles. The predicted octanol–water partition coefficient (Wildman–Crippen LogP) is 1.14. The first kappa shape index (κ1) is 16.6. The minimum atomic E-state index is -4.45. The van der Waals surface area contributed by atoms with E-state index in [2.05, 4.69) is 10.2 Å². The summed E-state index contributed by atoms with van der Waals surface area (Å²) in [4.78, 5) is 22.9. The third kappa shape index (κ3) is 4.91. The molecule has 1 heterocycles. The highest BCUT2D eigenvalue weighted by molar-refractivity contribution is 8.00. The van der Waals surface area contributed by atoms with Gasteiger partial charge in [0.1, 0.15) is 6.54 Å². The molecule has 1 atom stereocenters. The molecular formula is C10H15F3N4O2S. The second kappa shape index (κ2) is 6.82. The number of carbonyl (C=O) groups excluding carboxylic acids is 1. The fourth-order valence-electron chi connectivity index (χ4n) is 1.36. The first-order valence-corrected chi connectivity index (χ1v) is 6.79. The maximum absolute atomic E-state index is 12.0. The molecule has 0 saturated heterocycles. The number of alkyl halides is 3. The molecule has 0 radical (unpaired) electrons. The van der Waals surface area contributed by atoms with Crippen LogP contribution in [0.3, 0.4) is 0 Å². The zero-order chi connectivity index (χ0) is 15.3. The van der Waals surface area contributed by atoms with Gasteiger partial charge in [-0.1, -0.05) is 18.7 Å². The van der Waals surface area contributed by atoms with Crippen molar-refractivity contribution in [3.63, 3.8) is 0 Å². The zero-order valence-electron chi connectivity index (χ0n) is 11.0. The fraction of sp³-hybridized carbons (Fsp3) is 0.700. The number of aromatic amines is 1. The van der Waals surface area contributed by atoms with E-state index in [1.54, 1.807) is 5.32 Å². The van der Waals surface area contributed by atoms with Gasteiger partial charge in [0.15, 0.2) is 5.16 Å². The van der Waals surface area contributed by atoms with E-state index in [0.29, 0.717) is 13.0 Å². The molecule has 1 unspecified atom stereocenters. The van der Waals surface area contributed by atoms with Crippen LogP contribution in [0.2, 0.25) is 0 Å². The fourth-order valence-corrected chi connectivity index (χ4v) is 2.26. The molecule has 0 bridgehead atoms. The standard InChI is InChI=1S/C10H15F3N4O2S/c1-3-4-17-8(19)15-16-9(17)20-6(2)7(18)14-5-10(11,12)13/h6H,3-5H2,1-2H3,(H,14,18)(H,15,19). The van der Waals surface area contributed by atoms with Crippen molar-refractivity contribution in [2.24, 2.45) is 0 Å². The number of hydrogen-bond donors (Lipinski definition) is 2. The Bertz CT molecular complexity index is 511. The third-order valence-electron chi connectivity index (χ3n) is 2.28. The smallest absolute Gasteiger partial charge is 0.346 e. The van der Waals surface area contributed by atoms with Crippen molar-refractivity contribution in [3.05, 3.63) is 10.5 Å². The molecule has 20 heavy (non-hydrogen) atoms. The molecule has 0 aliphatic carbocycles. The molecule has 114 valence electrons. The maximum atomic E-state index is 12.0. The van der Waals surface area contributed by atoms with Crippen LogP contribution < -0.4 is 11.0 Å². The average molecular weight is 312 g/mol. The summed E-state index contributed by atoms with van der Waals surface area (Å²) in [6.07, 6.45) is -3.75. The number of nitrogens with one attached hydrogen (secondary N) is 2. The van der Waals surface area contributed by atoms with Gasteiger partial charge in [0.25, 0.3) is 0 Å². The van der Waals surface area contributed by atoms with Gasteiger partial charge in [0.05, 0.1) is 5.25 Å². The summed E-state index contributed by atoms with van der Waals surface area (Å²) in [6, 6.07) is 0. The van der Waals surface area contributed by atoms with Gasteiger partial charge in [-0.3, -0.25) is 9.36 Å². The second-order valence-electron chi connectivity index (χ2n) is 4.06. The van der Waals surface area contributed by atoms with Gasteiger partial charge in [0.2, 0.25) is 5.91 Å².